The molecular formula is C12H13NO. The second kappa shape index (κ2) is 5.18. The van der Waals surface area contributed by atoms with Crippen LogP contribution in [0.25, 0.3) is 0 Å². The van der Waals surface area contributed by atoms with Gasteiger partial charge >= 0.3 is 0 Å². The third-order valence-electron chi connectivity index (χ3n) is 2.23. The molecule has 0 saturated heterocycles. The van der Waals surface area contributed by atoms with Crippen LogP contribution in [0, 0.1) is 11.3 Å². The van der Waals surface area contributed by atoms with Gasteiger partial charge in [-0.3, -0.25) is 4.79 Å². The van der Waals surface area contributed by atoms with Gasteiger partial charge in [0, 0.05) is 12.8 Å². The standard InChI is InChI=1S/C12H13NO/c1-2-12(14)11(8-9-13)10-6-4-3-5-7-10/h3-7,11H,2,8H2,1H3. The number of carbonyl (C=O) groups excluding carboxylic acids is 1. The number of nitriles is 1. The number of rotatable bonds is 4. The molecule has 0 saturated carbocycles. The number of Topliss-reactive ketones (excluding diaryl/α,β-unsaturated/α-hetero) is 1. The van der Waals surface area contributed by atoms with E-state index in [2.05, 4.69) is 6.07 Å². The minimum atomic E-state index is -0.244. The third kappa shape index (κ3) is 2.43. The minimum absolute atomic E-state index is 0.137. The molecule has 1 rings (SSSR count). The van der Waals surface area contributed by atoms with Crippen LogP contribution in [0.1, 0.15) is 31.2 Å². The third-order valence-corrected chi connectivity index (χ3v) is 2.23. The summed E-state index contributed by atoms with van der Waals surface area (Å²) in [6.45, 7) is 1.83. The molecule has 0 heterocycles. The molecule has 0 amide bonds. The fourth-order valence-corrected chi connectivity index (χ4v) is 1.44. The maximum atomic E-state index is 11.6. The molecule has 1 aromatic carbocycles. The molecule has 0 aliphatic heterocycles. The summed E-state index contributed by atoms with van der Waals surface area (Å²) in [4.78, 5) is 11.6. The van der Waals surface area contributed by atoms with Crippen molar-refractivity contribution < 1.29 is 4.79 Å². The van der Waals surface area contributed by atoms with Crippen molar-refractivity contribution in [2.75, 3.05) is 0 Å². The summed E-state index contributed by atoms with van der Waals surface area (Å²) in [5.41, 5.74) is 0.945. The molecule has 1 atom stereocenters. The zero-order valence-corrected chi connectivity index (χ0v) is 8.23. The van der Waals surface area contributed by atoms with Crippen molar-refractivity contribution >= 4 is 5.78 Å². The SMILES string of the molecule is CCC(=O)C(CC#N)c1ccccc1. The maximum absolute atomic E-state index is 11.6. The number of nitrogens with zero attached hydrogens (tertiary/aromatic N) is 1. The summed E-state index contributed by atoms with van der Waals surface area (Å²) >= 11 is 0. The van der Waals surface area contributed by atoms with Crippen LogP contribution in [-0.4, -0.2) is 5.78 Å². The number of hydrogen-bond acceptors (Lipinski definition) is 2. The Bertz CT molecular complexity index is 337. The van der Waals surface area contributed by atoms with Crippen LogP contribution in [0.15, 0.2) is 30.3 Å². The molecule has 72 valence electrons. The lowest BCUT2D eigenvalue weighted by molar-refractivity contribution is -0.120. The van der Waals surface area contributed by atoms with Crippen LogP contribution < -0.4 is 0 Å². The van der Waals surface area contributed by atoms with Crippen molar-refractivity contribution in [3.63, 3.8) is 0 Å². The Kier molecular flexibility index (Phi) is 3.87. The van der Waals surface area contributed by atoms with Crippen molar-refractivity contribution in [2.24, 2.45) is 0 Å². The highest BCUT2D eigenvalue weighted by Gasteiger charge is 2.17. The molecule has 0 fully saturated rings. The largest absolute Gasteiger partial charge is 0.299 e. The van der Waals surface area contributed by atoms with Crippen LogP contribution in [0.5, 0.6) is 0 Å². The van der Waals surface area contributed by atoms with Gasteiger partial charge in [0.15, 0.2) is 0 Å². The molecule has 0 aliphatic rings. The molecule has 0 N–H and O–H groups in total. The van der Waals surface area contributed by atoms with E-state index >= 15 is 0 Å². The second-order valence-corrected chi connectivity index (χ2v) is 3.15. The number of ketones is 1. The minimum Gasteiger partial charge on any atom is -0.299 e. The number of hydrogen-bond donors (Lipinski definition) is 0. The van der Waals surface area contributed by atoms with Crippen molar-refractivity contribution in [1.82, 2.24) is 0 Å². The first-order chi connectivity index (χ1) is 6.79. The van der Waals surface area contributed by atoms with Crippen LogP contribution in [0.3, 0.4) is 0 Å². The van der Waals surface area contributed by atoms with Gasteiger partial charge in [-0.2, -0.15) is 5.26 Å². The second-order valence-electron chi connectivity index (χ2n) is 3.15. The van der Waals surface area contributed by atoms with E-state index in [4.69, 9.17) is 5.26 Å². The predicted octanol–water partition coefficient (Wildman–Crippen LogP) is 2.66. The average Bonchev–Trinajstić information content (AvgIpc) is 2.26. The normalized spacial score (nSPS) is 11.7. The topological polar surface area (TPSA) is 40.9 Å². The fourth-order valence-electron chi connectivity index (χ4n) is 1.44. The van der Waals surface area contributed by atoms with Crippen molar-refractivity contribution in [1.29, 1.82) is 5.26 Å². The molecule has 14 heavy (non-hydrogen) atoms. The summed E-state index contributed by atoms with van der Waals surface area (Å²) in [5.74, 6) is -0.107. The summed E-state index contributed by atoms with van der Waals surface area (Å²) in [6.07, 6.45) is 0.762. The Hall–Kier alpha value is -1.62. The van der Waals surface area contributed by atoms with E-state index in [0.717, 1.165) is 5.56 Å². The molecule has 0 bridgehead atoms. The van der Waals surface area contributed by atoms with E-state index in [1.54, 1.807) is 0 Å². The highest BCUT2D eigenvalue weighted by atomic mass is 16.1. The van der Waals surface area contributed by atoms with Crippen LogP contribution >= 0.6 is 0 Å². The van der Waals surface area contributed by atoms with Gasteiger partial charge in [0.1, 0.15) is 5.78 Å². The molecule has 1 aromatic rings. The molecular weight excluding hydrogens is 174 g/mol. The van der Waals surface area contributed by atoms with Gasteiger partial charge in [0.05, 0.1) is 12.0 Å². The molecule has 0 aliphatic carbocycles. The van der Waals surface area contributed by atoms with E-state index in [1.165, 1.54) is 0 Å². The molecule has 0 radical (unpaired) electrons. The van der Waals surface area contributed by atoms with Crippen LogP contribution in [-0.2, 0) is 4.79 Å². The van der Waals surface area contributed by atoms with Crippen LogP contribution in [0.4, 0.5) is 0 Å². The number of carbonyl (C=O) groups is 1. The van der Waals surface area contributed by atoms with E-state index < -0.39 is 0 Å². The quantitative estimate of drug-likeness (QED) is 0.727. The first kappa shape index (κ1) is 10.5. The zero-order valence-electron chi connectivity index (χ0n) is 8.23. The Morgan fingerprint density at radius 1 is 1.43 bits per heavy atom. The Labute approximate surface area is 84.2 Å². The van der Waals surface area contributed by atoms with E-state index in [9.17, 15) is 4.79 Å². The van der Waals surface area contributed by atoms with E-state index in [-0.39, 0.29) is 18.1 Å². The molecule has 0 spiro atoms. The van der Waals surface area contributed by atoms with Crippen molar-refractivity contribution in [3.05, 3.63) is 35.9 Å². The van der Waals surface area contributed by atoms with E-state index in [1.807, 2.05) is 37.3 Å². The van der Waals surface area contributed by atoms with Gasteiger partial charge in [0.2, 0.25) is 0 Å². The Balaban J connectivity index is 2.90. The predicted molar refractivity (Wildman–Crippen MR) is 54.7 cm³/mol. The Morgan fingerprint density at radius 3 is 2.57 bits per heavy atom. The lowest BCUT2D eigenvalue weighted by atomic mass is 9.91. The van der Waals surface area contributed by atoms with Gasteiger partial charge < -0.3 is 0 Å². The lowest BCUT2D eigenvalue weighted by Crippen LogP contribution is -2.10. The van der Waals surface area contributed by atoms with Gasteiger partial charge in [-0.1, -0.05) is 37.3 Å². The fraction of sp³-hybridized carbons (Fsp3) is 0.333. The van der Waals surface area contributed by atoms with Crippen molar-refractivity contribution in [3.8, 4) is 6.07 Å². The van der Waals surface area contributed by atoms with Gasteiger partial charge in [0.25, 0.3) is 0 Å². The smallest absolute Gasteiger partial charge is 0.141 e. The highest BCUT2D eigenvalue weighted by Crippen LogP contribution is 2.21. The molecule has 0 aromatic heterocycles. The summed E-state index contributed by atoms with van der Waals surface area (Å²) < 4.78 is 0. The van der Waals surface area contributed by atoms with Gasteiger partial charge in [-0.15, -0.1) is 0 Å². The summed E-state index contributed by atoms with van der Waals surface area (Å²) in [7, 11) is 0. The first-order valence-electron chi connectivity index (χ1n) is 4.74. The maximum Gasteiger partial charge on any atom is 0.141 e. The molecule has 1 unspecified atom stereocenters. The molecule has 2 heteroatoms. The van der Waals surface area contributed by atoms with Gasteiger partial charge in [-0.05, 0) is 5.56 Å². The number of benzene rings is 1. The highest BCUT2D eigenvalue weighted by molar-refractivity contribution is 5.85. The van der Waals surface area contributed by atoms with E-state index in [0.29, 0.717) is 6.42 Å². The lowest BCUT2D eigenvalue weighted by Gasteiger charge is -2.11. The average molecular weight is 187 g/mol. The summed E-state index contributed by atoms with van der Waals surface area (Å²) in [6, 6.07) is 11.5. The monoisotopic (exact) mass is 187 g/mol. The van der Waals surface area contributed by atoms with Crippen LogP contribution in [0.2, 0.25) is 0 Å². The van der Waals surface area contributed by atoms with Crippen molar-refractivity contribution in [2.45, 2.75) is 25.7 Å². The first-order valence-corrected chi connectivity index (χ1v) is 4.74. The Morgan fingerprint density at radius 2 is 2.07 bits per heavy atom. The molecule has 2 nitrogen and oxygen atoms in total. The van der Waals surface area contributed by atoms with Gasteiger partial charge in [-0.25, -0.2) is 0 Å². The zero-order chi connectivity index (χ0) is 10.4. The summed E-state index contributed by atoms with van der Waals surface area (Å²) in [5, 5.41) is 8.64.